The summed E-state index contributed by atoms with van der Waals surface area (Å²) in [5.41, 5.74) is 5.84. The maximum atomic E-state index is 3.68. The quantitative estimate of drug-likeness (QED) is 0.509. The summed E-state index contributed by atoms with van der Waals surface area (Å²) < 4.78 is 2.76. The van der Waals surface area contributed by atoms with Crippen LogP contribution in [0.2, 0.25) is 18.6 Å². The van der Waals surface area contributed by atoms with Crippen LogP contribution >= 0.6 is 0 Å². The van der Waals surface area contributed by atoms with E-state index in [0.29, 0.717) is 23.3 Å². The average Bonchev–Trinajstić information content (AvgIpc) is 3.10. The number of anilines is 4. The van der Waals surface area contributed by atoms with Gasteiger partial charge in [0.05, 0.1) is 22.7 Å². The van der Waals surface area contributed by atoms with Crippen molar-refractivity contribution in [2.24, 2.45) is 17.8 Å². The van der Waals surface area contributed by atoms with Crippen LogP contribution in [0, 0.1) is 17.8 Å². The van der Waals surface area contributed by atoms with Crippen molar-refractivity contribution in [3.05, 3.63) is 83.2 Å². The molecule has 1 fully saturated rings. The predicted octanol–water partition coefficient (Wildman–Crippen LogP) is 6.00. The summed E-state index contributed by atoms with van der Waals surface area (Å²) in [6.45, 7) is 7.71. The molecule has 156 valence electrons. The Morgan fingerprint density at radius 1 is 0.774 bits per heavy atom. The molecule has 0 amide bonds. The van der Waals surface area contributed by atoms with Gasteiger partial charge in [0.2, 0.25) is 0 Å². The maximum Gasteiger partial charge on any atom is 0.160 e. The molecule has 2 nitrogen and oxygen atoms in total. The van der Waals surface area contributed by atoms with E-state index in [2.05, 4.69) is 115 Å². The minimum Gasteiger partial charge on any atom is -0.366 e. The van der Waals surface area contributed by atoms with E-state index in [1.165, 1.54) is 39.6 Å². The van der Waals surface area contributed by atoms with E-state index in [0.717, 1.165) is 0 Å². The van der Waals surface area contributed by atoms with Crippen LogP contribution in [-0.2, 0) is 0 Å². The summed E-state index contributed by atoms with van der Waals surface area (Å²) in [4.78, 5) is 0. The predicted molar refractivity (Wildman–Crippen MR) is 135 cm³/mol. The Morgan fingerprint density at radius 3 is 1.97 bits per heavy atom. The van der Waals surface area contributed by atoms with E-state index in [1.807, 2.05) is 0 Å². The number of nitrogens with one attached hydrogen (secondary N) is 1. The molecule has 1 N–H and O–H groups in total. The Balaban J connectivity index is 1.50. The number of hydrogen-bond acceptors (Lipinski definition) is 2. The molecule has 3 aromatic rings. The van der Waals surface area contributed by atoms with Crippen molar-refractivity contribution in [3.63, 3.8) is 0 Å². The van der Waals surface area contributed by atoms with Gasteiger partial charge in [-0.15, -0.1) is 0 Å². The summed E-state index contributed by atoms with van der Waals surface area (Å²) in [5, 5.41) is 6.53. The molecule has 6 rings (SSSR count). The third kappa shape index (κ3) is 2.83. The Hall–Kier alpha value is -2.78. The van der Waals surface area contributed by atoms with Crippen LogP contribution in [-0.4, -0.2) is 8.24 Å². The monoisotopic (exact) mass is 422 g/mol. The fourth-order valence-corrected chi connectivity index (χ4v) is 11.5. The van der Waals surface area contributed by atoms with Crippen LogP contribution < -0.4 is 20.3 Å². The lowest BCUT2D eigenvalue weighted by molar-refractivity contribution is 0.572. The van der Waals surface area contributed by atoms with E-state index in [1.54, 1.807) is 0 Å². The number of fused-ring (bicyclic) bond motifs is 4. The molecule has 3 aromatic carbocycles. The van der Waals surface area contributed by atoms with E-state index in [4.69, 9.17) is 0 Å². The Morgan fingerprint density at radius 2 is 1.32 bits per heavy atom. The summed E-state index contributed by atoms with van der Waals surface area (Å²) in [6, 6.07) is 26.6. The van der Waals surface area contributed by atoms with Crippen molar-refractivity contribution in [2.45, 2.75) is 32.0 Å². The van der Waals surface area contributed by atoms with Crippen molar-refractivity contribution in [1.82, 2.24) is 0 Å². The van der Waals surface area contributed by atoms with Gasteiger partial charge in [0.25, 0.3) is 0 Å². The van der Waals surface area contributed by atoms with Gasteiger partial charge in [-0.1, -0.05) is 80.7 Å². The molecule has 0 aromatic heterocycles. The highest BCUT2D eigenvalue weighted by molar-refractivity contribution is 6.84. The zero-order valence-electron chi connectivity index (χ0n) is 18.5. The lowest BCUT2D eigenvalue weighted by Crippen LogP contribution is -2.53. The Labute approximate surface area is 186 Å². The highest BCUT2D eigenvalue weighted by Gasteiger charge is 2.52. The van der Waals surface area contributed by atoms with E-state index in [-0.39, 0.29) is 0 Å². The molecule has 0 bridgehead atoms. The van der Waals surface area contributed by atoms with E-state index in [9.17, 15) is 0 Å². The van der Waals surface area contributed by atoms with Crippen LogP contribution in [0.5, 0.6) is 0 Å². The molecular weight excluding hydrogens is 392 g/mol. The first-order valence-electron chi connectivity index (χ1n) is 11.6. The smallest absolute Gasteiger partial charge is 0.160 e. The molecule has 3 aliphatic rings. The third-order valence-electron chi connectivity index (χ3n) is 7.88. The maximum absolute atomic E-state index is 3.68. The molecule has 1 unspecified atom stereocenters. The van der Waals surface area contributed by atoms with Crippen LogP contribution in [0.1, 0.15) is 13.3 Å². The summed E-state index contributed by atoms with van der Waals surface area (Å²) in [7, 11) is -1.92. The van der Waals surface area contributed by atoms with Crippen molar-refractivity contribution in [3.8, 4) is 0 Å². The largest absolute Gasteiger partial charge is 0.366 e. The highest BCUT2D eigenvalue weighted by atomic mass is 28.3. The molecule has 1 saturated carbocycles. The molecule has 0 saturated heterocycles. The van der Waals surface area contributed by atoms with Crippen LogP contribution in [0.25, 0.3) is 12.2 Å². The van der Waals surface area contributed by atoms with Gasteiger partial charge in [-0.05, 0) is 64.4 Å². The van der Waals surface area contributed by atoms with Gasteiger partial charge in [-0.2, -0.15) is 0 Å². The van der Waals surface area contributed by atoms with Crippen LogP contribution in [0.3, 0.4) is 0 Å². The second-order valence-corrected chi connectivity index (χ2v) is 14.5. The first-order chi connectivity index (χ1) is 15.0. The van der Waals surface area contributed by atoms with E-state index < -0.39 is 8.24 Å². The van der Waals surface area contributed by atoms with Crippen molar-refractivity contribution < 1.29 is 0 Å². The molecule has 2 aliphatic carbocycles. The van der Waals surface area contributed by atoms with Crippen molar-refractivity contribution >= 4 is 43.1 Å². The molecule has 0 radical (unpaired) electrons. The van der Waals surface area contributed by atoms with Crippen molar-refractivity contribution in [1.29, 1.82) is 0 Å². The number of para-hydroxylation sites is 4. The molecule has 31 heavy (non-hydrogen) atoms. The first kappa shape index (κ1) is 18.9. The Bertz CT molecular complexity index is 1230. The molecule has 1 aliphatic heterocycles. The van der Waals surface area contributed by atoms with Crippen LogP contribution in [0.15, 0.2) is 72.8 Å². The van der Waals surface area contributed by atoms with Crippen molar-refractivity contribution in [2.75, 3.05) is 9.88 Å². The minimum absolute atomic E-state index is 0.626. The van der Waals surface area contributed by atoms with Gasteiger partial charge in [0.15, 0.2) is 8.24 Å². The normalized spacial score (nSPS) is 25.8. The third-order valence-corrected chi connectivity index (χ3v) is 12.1. The van der Waals surface area contributed by atoms with Gasteiger partial charge in [-0.25, -0.2) is 0 Å². The van der Waals surface area contributed by atoms with E-state index >= 15 is 0 Å². The fourth-order valence-electron chi connectivity index (χ4n) is 6.80. The molecular formula is C28H30N2Si. The van der Waals surface area contributed by atoms with Gasteiger partial charge in [0, 0.05) is 0 Å². The highest BCUT2D eigenvalue weighted by Crippen LogP contribution is 2.57. The first-order valence-corrected chi connectivity index (χ1v) is 14.6. The zero-order valence-corrected chi connectivity index (χ0v) is 19.5. The lowest BCUT2D eigenvalue weighted by atomic mass is 9.89. The lowest BCUT2D eigenvalue weighted by Gasteiger charge is -2.49. The average molecular weight is 423 g/mol. The SMILES string of the molecule is C[C@@H]1C[C@@H]2C=c3ccccc3=C[C@@H]2C1[Si](C)(C)N1c2ccccc2Nc2ccccc21. The van der Waals surface area contributed by atoms with Gasteiger partial charge < -0.3 is 9.88 Å². The standard InChI is InChI=1S/C28H30N2Si/c1-19-16-22-17-20-10-4-5-11-21(20)18-23(22)28(19)31(2,3)30-26-14-8-6-12-24(26)29-25-13-7-9-15-27(25)30/h4-15,17-19,22-23,28-29H,16H2,1-3H3/t19-,22-,23+,28?/m1/s1. The molecule has 4 atom stereocenters. The number of hydrogen-bond donors (Lipinski definition) is 1. The van der Waals surface area contributed by atoms with Gasteiger partial charge >= 0.3 is 0 Å². The van der Waals surface area contributed by atoms with Crippen LogP contribution in [0.4, 0.5) is 22.7 Å². The zero-order chi connectivity index (χ0) is 21.2. The molecule has 1 heterocycles. The second kappa shape index (κ2) is 6.86. The number of rotatable bonds is 2. The topological polar surface area (TPSA) is 15.3 Å². The summed E-state index contributed by atoms with van der Waals surface area (Å²) in [5.74, 6) is 2.00. The second-order valence-electron chi connectivity index (χ2n) is 10.1. The summed E-state index contributed by atoms with van der Waals surface area (Å²) >= 11 is 0. The van der Waals surface area contributed by atoms with Gasteiger partial charge in [-0.3, -0.25) is 0 Å². The number of nitrogens with zero attached hydrogens (tertiary/aromatic N) is 1. The summed E-state index contributed by atoms with van der Waals surface area (Å²) in [6.07, 6.45) is 6.48. The fraction of sp³-hybridized carbons (Fsp3) is 0.286. The van der Waals surface area contributed by atoms with Gasteiger partial charge in [0.1, 0.15) is 0 Å². The molecule has 3 heteroatoms. The minimum atomic E-state index is -1.92. The Kier molecular flexibility index (Phi) is 4.19. The molecule has 0 spiro atoms. The number of benzene rings is 3.